The maximum absolute atomic E-state index is 12.3. The number of amides is 2. The molecular weight excluding hydrogens is 276 g/mol. The molecule has 0 bridgehead atoms. The van der Waals surface area contributed by atoms with Crippen molar-refractivity contribution in [3.8, 4) is 0 Å². The van der Waals surface area contributed by atoms with Gasteiger partial charge in [-0.1, -0.05) is 0 Å². The van der Waals surface area contributed by atoms with Crippen molar-refractivity contribution in [1.29, 1.82) is 0 Å². The van der Waals surface area contributed by atoms with Crippen LogP contribution in [0.2, 0.25) is 0 Å². The Labute approximate surface area is 121 Å². The number of aromatic nitrogens is 2. The Morgan fingerprint density at radius 1 is 1.33 bits per heavy atom. The Morgan fingerprint density at radius 3 is 2.71 bits per heavy atom. The molecule has 0 N–H and O–H groups in total. The maximum Gasteiger partial charge on any atom is 0.312 e. The summed E-state index contributed by atoms with van der Waals surface area (Å²) in [5.74, 6) is -0.958. The predicted molar refractivity (Wildman–Crippen MR) is 70.6 cm³/mol. The van der Waals surface area contributed by atoms with Crippen molar-refractivity contribution < 1.29 is 19.1 Å². The summed E-state index contributed by atoms with van der Waals surface area (Å²) >= 11 is 0. The van der Waals surface area contributed by atoms with Gasteiger partial charge in [0.2, 0.25) is 0 Å². The molecule has 8 nitrogen and oxygen atoms in total. The van der Waals surface area contributed by atoms with E-state index in [2.05, 4.69) is 9.84 Å². The van der Waals surface area contributed by atoms with Crippen molar-refractivity contribution in [3.05, 3.63) is 17.5 Å². The van der Waals surface area contributed by atoms with Crippen molar-refractivity contribution in [2.75, 3.05) is 33.8 Å². The topological polar surface area (TPSA) is 84.7 Å². The molecule has 3 heterocycles. The van der Waals surface area contributed by atoms with Crippen LogP contribution in [-0.4, -0.2) is 71.2 Å². The number of likely N-dealkylation sites (N-methyl/N-ethyl adjacent to an activating group) is 1. The van der Waals surface area contributed by atoms with Crippen LogP contribution in [0.25, 0.3) is 0 Å². The molecule has 0 radical (unpaired) electrons. The van der Waals surface area contributed by atoms with Gasteiger partial charge in [0, 0.05) is 32.7 Å². The number of methoxy groups -OCH3 is 1. The van der Waals surface area contributed by atoms with Crippen LogP contribution in [0.4, 0.5) is 0 Å². The SMILES string of the molecule is COC(=O)C1CN(C(=O)c2cc3n(n2)CCN(C)C3=O)C1. The minimum atomic E-state index is -0.306. The van der Waals surface area contributed by atoms with Gasteiger partial charge < -0.3 is 14.5 Å². The maximum atomic E-state index is 12.3. The second kappa shape index (κ2) is 4.87. The van der Waals surface area contributed by atoms with Crippen molar-refractivity contribution in [2.24, 2.45) is 5.92 Å². The molecule has 21 heavy (non-hydrogen) atoms. The Kier molecular flexibility index (Phi) is 3.15. The van der Waals surface area contributed by atoms with E-state index in [0.29, 0.717) is 31.9 Å². The van der Waals surface area contributed by atoms with Crippen LogP contribution in [0.5, 0.6) is 0 Å². The molecule has 3 rings (SSSR count). The molecule has 2 aliphatic rings. The zero-order chi connectivity index (χ0) is 15.1. The summed E-state index contributed by atoms with van der Waals surface area (Å²) in [5.41, 5.74) is 0.675. The van der Waals surface area contributed by atoms with Crippen molar-refractivity contribution in [2.45, 2.75) is 6.54 Å². The third-order valence-electron chi connectivity index (χ3n) is 3.92. The van der Waals surface area contributed by atoms with Crippen LogP contribution in [0.15, 0.2) is 6.07 Å². The van der Waals surface area contributed by atoms with Crippen LogP contribution in [-0.2, 0) is 16.1 Å². The average Bonchev–Trinajstić information content (AvgIpc) is 2.85. The largest absolute Gasteiger partial charge is 0.469 e. The Bertz CT molecular complexity index is 618. The highest BCUT2D eigenvalue weighted by atomic mass is 16.5. The van der Waals surface area contributed by atoms with Gasteiger partial charge in [-0.3, -0.25) is 19.1 Å². The van der Waals surface area contributed by atoms with Crippen molar-refractivity contribution in [3.63, 3.8) is 0 Å². The van der Waals surface area contributed by atoms with Crippen LogP contribution in [0, 0.1) is 5.92 Å². The number of rotatable bonds is 2. The van der Waals surface area contributed by atoms with E-state index in [1.807, 2.05) is 0 Å². The molecule has 0 unspecified atom stereocenters. The fourth-order valence-corrected chi connectivity index (χ4v) is 2.53. The lowest BCUT2D eigenvalue weighted by atomic mass is 10.00. The fraction of sp³-hybridized carbons (Fsp3) is 0.538. The third-order valence-corrected chi connectivity index (χ3v) is 3.92. The Morgan fingerprint density at radius 2 is 2.05 bits per heavy atom. The van der Waals surface area contributed by atoms with Crippen LogP contribution < -0.4 is 0 Å². The molecule has 1 saturated heterocycles. The first kappa shape index (κ1) is 13.6. The third kappa shape index (κ3) is 2.16. The van der Waals surface area contributed by atoms with Gasteiger partial charge in [-0.05, 0) is 0 Å². The number of hydrogen-bond donors (Lipinski definition) is 0. The summed E-state index contributed by atoms with van der Waals surface area (Å²) in [6.45, 7) is 1.83. The van der Waals surface area contributed by atoms with E-state index in [-0.39, 0.29) is 29.4 Å². The van der Waals surface area contributed by atoms with Crippen molar-refractivity contribution >= 4 is 17.8 Å². The normalized spacial score (nSPS) is 18.3. The van der Waals surface area contributed by atoms with Gasteiger partial charge in [0.1, 0.15) is 5.69 Å². The number of fused-ring (bicyclic) bond motifs is 1. The minimum absolute atomic E-state index is 0.135. The first-order chi connectivity index (χ1) is 10.0. The van der Waals surface area contributed by atoms with E-state index < -0.39 is 0 Å². The number of ether oxygens (including phenoxy) is 1. The lowest BCUT2D eigenvalue weighted by molar-refractivity contribution is -0.149. The molecule has 0 aliphatic carbocycles. The molecule has 112 valence electrons. The first-order valence-corrected chi connectivity index (χ1v) is 6.71. The second-order valence-corrected chi connectivity index (χ2v) is 5.29. The van der Waals surface area contributed by atoms with Gasteiger partial charge in [0.25, 0.3) is 11.8 Å². The summed E-state index contributed by atoms with van der Waals surface area (Å²) < 4.78 is 6.20. The summed E-state index contributed by atoms with van der Waals surface area (Å²) in [6.07, 6.45) is 0. The van der Waals surface area contributed by atoms with E-state index in [1.165, 1.54) is 18.1 Å². The monoisotopic (exact) mass is 292 g/mol. The highest BCUT2D eigenvalue weighted by molar-refractivity contribution is 5.98. The molecule has 0 spiro atoms. The molecule has 2 amide bonds. The molecule has 0 aromatic carbocycles. The zero-order valence-electron chi connectivity index (χ0n) is 11.9. The number of nitrogens with zero attached hydrogens (tertiary/aromatic N) is 4. The molecular formula is C13H16N4O4. The first-order valence-electron chi connectivity index (χ1n) is 6.71. The Balaban J connectivity index is 1.72. The molecule has 2 aliphatic heterocycles. The van der Waals surface area contributed by atoms with E-state index >= 15 is 0 Å². The summed E-state index contributed by atoms with van der Waals surface area (Å²) in [4.78, 5) is 38.7. The lowest BCUT2D eigenvalue weighted by Crippen LogP contribution is -2.53. The predicted octanol–water partition coefficient (Wildman–Crippen LogP) is -0.786. The average molecular weight is 292 g/mol. The van der Waals surface area contributed by atoms with Gasteiger partial charge in [0.15, 0.2) is 5.69 Å². The highest BCUT2D eigenvalue weighted by Crippen LogP contribution is 2.21. The van der Waals surface area contributed by atoms with Crippen molar-refractivity contribution in [1.82, 2.24) is 19.6 Å². The molecule has 0 atom stereocenters. The highest BCUT2D eigenvalue weighted by Gasteiger charge is 2.38. The Hall–Kier alpha value is -2.38. The van der Waals surface area contributed by atoms with E-state index in [0.717, 1.165) is 0 Å². The molecule has 1 aromatic rings. The number of hydrogen-bond acceptors (Lipinski definition) is 5. The van der Waals surface area contributed by atoms with Crippen LogP contribution in [0.1, 0.15) is 21.0 Å². The molecule has 0 saturated carbocycles. The number of carbonyl (C=O) groups excluding carboxylic acids is 3. The lowest BCUT2D eigenvalue weighted by Gasteiger charge is -2.36. The number of carbonyl (C=O) groups is 3. The van der Waals surface area contributed by atoms with Gasteiger partial charge in [-0.25, -0.2) is 0 Å². The van der Waals surface area contributed by atoms with E-state index in [9.17, 15) is 14.4 Å². The second-order valence-electron chi connectivity index (χ2n) is 5.29. The van der Waals surface area contributed by atoms with E-state index in [4.69, 9.17) is 0 Å². The fourth-order valence-electron chi connectivity index (χ4n) is 2.53. The number of likely N-dealkylation sites (tertiary alicyclic amines) is 1. The summed E-state index contributed by atoms with van der Waals surface area (Å²) in [6, 6.07) is 1.52. The molecule has 1 aromatic heterocycles. The van der Waals surface area contributed by atoms with E-state index in [1.54, 1.807) is 16.6 Å². The quantitative estimate of drug-likeness (QED) is 0.667. The van der Waals surface area contributed by atoms with Gasteiger partial charge in [-0.15, -0.1) is 0 Å². The smallest absolute Gasteiger partial charge is 0.312 e. The molecule has 8 heteroatoms. The van der Waals surface area contributed by atoms with Gasteiger partial charge >= 0.3 is 5.97 Å². The summed E-state index contributed by atoms with van der Waals surface area (Å²) in [5, 5.41) is 4.19. The van der Waals surface area contributed by atoms with Crippen LogP contribution >= 0.6 is 0 Å². The minimum Gasteiger partial charge on any atom is -0.469 e. The zero-order valence-corrected chi connectivity index (χ0v) is 11.9. The molecule has 1 fully saturated rings. The number of esters is 1. The standard InChI is InChI=1S/C13H16N4O4/c1-15-3-4-17-10(12(15)19)5-9(14-17)11(18)16-6-8(7-16)13(20)21-2/h5,8H,3-4,6-7H2,1-2H3. The summed E-state index contributed by atoms with van der Waals surface area (Å²) in [7, 11) is 3.05. The van der Waals surface area contributed by atoms with Crippen LogP contribution in [0.3, 0.4) is 0 Å². The van der Waals surface area contributed by atoms with Gasteiger partial charge in [0.05, 0.1) is 19.6 Å². The van der Waals surface area contributed by atoms with Gasteiger partial charge in [-0.2, -0.15) is 5.10 Å².